The number of carbonyl (C=O) groups excluding carboxylic acids is 1. The Morgan fingerprint density at radius 3 is 2.65 bits per heavy atom. The number of nitrogens with two attached hydrogens (primary N) is 1. The van der Waals surface area contributed by atoms with E-state index in [4.69, 9.17) is 15.2 Å². The molecule has 1 aromatic carbocycles. The third kappa shape index (κ3) is 4.82. The molecule has 1 aromatic rings. The van der Waals surface area contributed by atoms with Gasteiger partial charge in [-0.2, -0.15) is 0 Å². The van der Waals surface area contributed by atoms with Crippen molar-refractivity contribution < 1.29 is 18.7 Å². The molecule has 0 heterocycles. The zero-order valence-corrected chi connectivity index (χ0v) is 9.74. The number of esters is 1. The van der Waals surface area contributed by atoms with E-state index in [1.54, 1.807) is 7.11 Å². The second kappa shape index (κ2) is 6.85. The minimum absolute atomic E-state index is 0.134. The Bertz CT molecular complexity index is 362. The summed E-state index contributed by atoms with van der Waals surface area (Å²) in [5, 5.41) is 0. The first-order valence-electron chi connectivity index (χ1n) is 5.35. The van der Waals surface area contributed by atoms with Gasteiger partial charge in [-0.25, -0.2) is 9.18 Å². The lowest BCUT2D eigenvalue weighted by molar-refractivity contribution is 0.0488. The molecule has 0 saturated heterocycles. The van der Waals surface area contributed by atoms with Crippen LogP contribution >= 0.6 is 0 Å². The van der Waals surface area contributed by atoms with E-state index in [2.05, 4.69) is 0 Å². The van der Waals surface area contributed by atoms with Crippen LogP contribution in [0.2, 0.25) is 0 Å². The Balaban J connectivity index is 2.41. The second-order valence-corrected chi connectivity index (χ2v) is 3.61. The number of hydrogen-bond donors (Lipinski definition) is 1. The Kier molecular flexibility index (Phi) is 5.42. The average molecular weight is 241 g/mol. The van der Waals surface area contributed by atoms with Gasteiger partial charge in [0, 0.05) is 19.4 Å². The second-order valence-electron chi connectivity index (χ2n) is 3.61. The predicted molar refractivity (Wildman–Crippen MR) is 62.2 cm³/mol. The number of hydrogen-bond acceptors (Lipinski definition) is 4. The van der Waals surface area contributed by atoms with E-state index < -0.39 is 11.8 Å². The van der Waals surface area contributed by atoms with Gasteiger partial charge in [-0.15, -0.1) is 0 Å². The Morgan fingerprint density at radius 1 is 1.29 bits per heavy atom. The summed E-state index contributed by atoms with van der Waals surface area (Å²) in [6.45, 7) is 0.920. The first-order valence-corrected chi connectivity index (χ1v) is 5.35. The molecule has 0 bridgehead atoms. The molecule has 2 N–H and O–H groups in total. The molecule has 5 heteroatoms. The van der Waals surface area contributed by atoms with Gasteiger partial charge >= 0.3 is 5.97 Å². The van der Waals surface area contributed by atoms with Crippen molar-refractivity contribution in [2.75, 3.05) is 26.1 Å². The molecular weight excluding hydrogens is 225 g/mol. The van der Waals surface area contributed by atoms with E-state index in [0.29, 0.717) is 19.6 Å². The average Bonchev–Trinajstić information content (AvgIpc) is 2.27. The monoisotopic (exact) mass is 241 g/mol. The zero-order valence-electron chi connectivity index (χ0n) is 9.74. The van der Waals surface area contributed by atoms with Crippen LogP contribution in [0.3, 0.4) is 0 Å². The third-order valence-electron chi connectivity index (χ3n) is 2.13. The number of anilines is 1. The molecule has 94 valence electrons. The Labute approximate surface area is 99.5 Å². The molecule has 0 radical (unpaired) electrons. The highest BCUT2D eigenvalue weighted by molar-refractivity contribution is 5.90. The van der Waals surface area contributed by atoms with Crippen molar-refractivity contribution in [2.45, 2.75) is 12.8 Å². The normalized spacial score (nSPS) is 10.2. The van der Waals surface area contributed by atoms with Gasteiger partial charge in [0.15, 0.2) is 0 Å². The SMILES string of the molecule is COCCCCOC(=O)c1cc(N)cc(F)c1. The van der Waals surface area contributed by atoms with E-state index in [1.165, 1.54) is 6.07 Å². The highest BCUT2D eigenvalue weighted by Gasteiger charge is 2.09. The molecule has 0 saturated carbocycles. The molecule has 0 aliphatic rings. The largest absolute Gasteiger partial charge is 0.462 e. The molecule has 0 spiro atoms. The van der Waals surface area contributed by atoms with Crippen LogP contribution < -0.4 is 5.73 Å². The van der Waals surface area contributed by atoms with Gasteiger partial charge in [0.2, 0.25) is 0 Å². The van der Waals surface area contributed by atoms with Gasteiger partial charge in [0.05, 0.1) is 12.2 Å². The highest BCUT2D eigenvalue weighted by atomic mass is 19.1. The zero-order chi connectivity index (χ0) is 12.7. The van der Waals surface area contributed by atoms with Crippen LogP contribution in [0.5, 0.6) is 0 Å². The van der Waals surface area contributed by atoms with E-state index in [1.807, 2.05) is 0 Å². The maximum Gasteiger partial charge on any atom is 0.338 e. The van der Waals surface area contributed by atoms with Crippen molar-refractivity contribution in [2.24, 2.45) is 0 Å². The molecule has 4 nitrogen and oxygen atoms in total. The Morgan fingerprint density at radius 2 is 2.00 bits per heavy atom. The molecule has 1 rings (SSSR count). The van der Waals surface area contributed by atoms with Crippen molar-refractivity contribution in [3.8, 4) is 0 Å². The van der Waals surface area contributed by atoms with Crippen molar-refractivity contribution in [1.82, 2.24) is 0 Å². The molecule has 0 fully saturated rings. The van der Waals surface area contributed by atoms with Crippen LogP contribution in [0.1, 0.15) is 23.2 Å². The maximum atomic E-state index is 13.0. The lowest BCUT2D eigenvalue weighted by Crippen LogP contribution is -2.08. The highest BCUT2D eigenvalue weighted by Crippen LogP contribution is 2.12. The fourth-order valence-corrected chi connectivity index (χ4v) is 1.33. The van der Waals surface area contributed by atoms with Crippen LogP contribution in [0.25, 0.3) is 0 Å². The summed E-state index contributed by atoms with van der Waals surface area (Å²) in [6, 6.07) is 3.64. The van der Waals surface area contributed by atoms with Crippen LogP contribution in [0.15, 0.2) is 18.2 Å². The van der Waals surface area contributed by atoms with Gasteiger partial charge in [-0.1, -0.05) is 0 Å². The minimum Gasteiger partial charge on any atom is -0.462 e. The predicted octanol–water partition coefficient (Wildman–Crippen LogP) is 1.99. The quantitative estimate of drug-likeness (QED) is 0.470. The molecule has 0 aliphatic carbocycles. The molecule has 0 aliphatic heterocycles. The topological polar surface area (TPSA) is 61.5 Å². The summed E-state index contributed by atoms with van der Waals surface area (Å²) in [5.41, 5.74) is 5.77. The number of halogens is 1. The van der Waals surface area contributed by atoms with Crippen LogP contribution in [0.4, 0.5) is 10.1 Å². The van der Waals surface area contributed by atoms with Gasteiger partial charge in [-0.3, -0.25) is 0 Å². The summed E-state index contributed by atoms with van der Waals surface area (Å²) in [4.78, 5) is 11.5. The molecule has 17 heavy (non-hydrogen) atoms. The molecule has 0 amide bonds. The van der Waals surface area contributed by atoms with E-state index in [0.717, 1.165) is 18.6 Å². The fraction of sp³-hybridized carbons (Fsp3) is 0.417. The number of methoxy groups -OCH3 is 1. The van der Waals surface area contributed by atoms with Gasteiger partial charge in [0.1, 0.15) is 5.82 Å². The van der Waals surface area contributed by atoms with Crippen LogP contribution in [-0.2, 0) is 9.47 Å². The van der Waals surface area contributed by atoms with Crippen LogP contribution in [0, 0.1) is 5.82 Å². The van der Waals surface area contributed by atoms with Crippen molar-refractivity contribution in [3.63, 3.8) is 0 Å². The first kappa shape index (κ1) is 13.4. The van der Waals surface area contributed by atoms with Gasteiger partial charge in [0.25, 0.3) is 0 Å². The fourth-order valence-electron chi connectivity index (χ4n) is 1.33. The number of carbonyl (C=O) groups is 1. The summed E-state index contributed by atoms with van der Waals surface area (Å²) in [7, 11) is 1.61. The van der Waals surface area contributed by atoms with Crippen molar-refractivity contribution >= 4 is 11.7 Å². The van der Waals surface area contributed by atoms with Crippen LogP contribution in [-0.4, -0.2) is 26.3 Å². The van der Waals surface area contributed by atoms with E-state index in [-0.39, 0.29) is 11.3 Å². The summed E-state index contributed by atoms with van der Waals surface area (Å²) in [5.74, 6) is -1.11. The molecule has 0 aromatic heterocycles. The third-order valence-corrected chi connectivity index (χ3v) is 2.13. The number of unbranched alkanes of at least 4 members (excludes halogenated alkanes) is 1. The number of ether oxygens (including phenoxy) is 2. The molecular formula is C12H16FNO3. The summed E-state index contributed by atoms with van der Waals surface area (Å²) < 4.78 is 22.8. The Hall–Kier alpha value is -1.62. The minimum atomic E-state index is -0.561. The van der Waals surface area contributed by atoms with Crippen molar-refractivity contribution in [1.29, 1.82) is 0 Å². The molecule has 0 unspecified atom stereocenters. The maximum absolute atomic E-state index is 13.0. The first-order chi connectivity index (χ1) is 8.13. The van der Waals surface area contributed by atoms with Crippen molar-refractivity contribution in [3.05, 3.63) is 29.6 Å². The lowest BCUT2D eigenvalue weighted by Gasteiger charge is -2.05. The molecule has 0 atom stereocenters. The van der Waals surface area contributed by atoms with E-state index >= 15 is 0 Å². The summed E-state index contributed by atoms with van der Waals surface area (Å²) in [6.07, 6.45) is 1.53. The van der Waals surface area contributed by atoms with Gasteiger partial charge in [-0.05, 0) is 31.0 Å². The summed E-state index contributed by atoms with van der Waals surface area (Å²) >= 11 is 0. The van der Waals surface area contributed by atoms with Gasteiger partial charge < -0.3 is 15.2 Å². The smallest absolute Gasteiger partial charge is 0.338 e. The number of rotatable bonds is 6. The van der Waals surface area contributed by atoms with E-state index in [9.17, 15) is 9.18 Å². The lowest BCUT2D eigenvalue weighted by atomic mass is 10.2. The number of nitrogen functional groups attached to an aromatic ring is 1. The standard InChI is InChI=1S/C12H16FNO3/c1-16-4-2-3-5-17-12(15)9-6-10(13)8-11(14)7-9/h6-8H,2-5,14H2,1H3. The number of benzene rings is 1.